The van der Waals surface area contributed by atoms with Crippen molar-refractivity contribution in [1.29, 1.82) is 0 Å². The zero-order chi connectivity index (χ0) is 10.1. The van der Waals surface area contributed by atoms with Gasteiger partial charge in [-0.3, -0.25) is 0 Å². The minimum atomic E-state index is 1.06. The van der Waals surface area contributed by atoms with Crippen LogP contribution in [0.1, 0.15) is 27.3 Å². The number of hydrogen-bond donors (Lipinski definition) is 0. The van der Waals surface area contributed by atoms with Crippen molar-refractivity contribution in [2.24, 2.45) is 0 Å². The maximum Gasteiger partial charge on any atom is 0.0348 e. The molecule has 2 aliphatic carbocycles. The zero-order valence-electron chi connectivity index (χ0n) is 8.44. The van der Waals surface area contributed by atoms with Gasteiger partial charge < -0.3 is 0 Å². The predicted molar refractivity (Wildman–Crippen MR) is 68.9 cm³/mol. The first-order valence-corrected chi connectivity index (χ1v) is 6.09. The number of rotatable bonds is 0. The summed E-state index contributed by atoms with van der Waals surface area (Å²) in [5.74, 6) is 0. The van der Waals surface area contributed by atoms with Crippen molar-refractivity contribution in [3.05, 3.63) is 51.3 Å². The Hall–Kier alpha value is -1.34. The highest BCUT2D eigenvalue weighted by Crippen LogP contribution is 2.34. The number of allylic oxidation sites excluding steroid dienone is 5. The molecule has 0 unspecified atom stereocenters. The Labute approximate surface area is 94.0 Å². The van der Waals surface area contributed by atoms with E-state index in [1.165, 1.54) is 20.9 Å². The zero-order valence-corrected chi connectivity index (χ0v) is 9.26. The molecule has 0 aliphatic heterocycles. The normalized spacial score (nSPS) is 17.1. The number of thiophene rings is 1. The second-order valence-electron chi connectivity index (χ2n) is 3.75. The minimum Gasteiger partial charge on any atom is -0.136 e. The molecular formula is C14H12S. The van der Waals surface area contributed by atoms with Gasteiger partial charge in [-0.2, -0.15) is 0 Å². The average molecular weight is 212 g/mol. The summed E-state index contributed by atoms with van der Waals surface area (Å²) in [6.07, 6.45) is 19.9. The average Bonchev–Trinajstić information content (AvgIpc) is 2.51. The molecule has 0 radical (unpaired) electrons. The third-order valence-electron chi connectivity index (χ3n) is 2.75. The van der Waals surface area contributed by atoms with Crippen molar-refractivity contribution >= 4 is 29.6 Å². The molecule has 1 aromatic rings. The van der Waals surface area contributed by atoms with Gasteiger partial charge in [-0.15, -0.1) is 11.3 Å². The third-order valence-corrected chi connectivity index (χ3v) is 3.93. The largest absolute Gasteiger partial charge is 0.136 e. The first-order valence-electron chi connectivity index (χ1n) is 5.27. The Balaban J connectivity index is 2.22. The van der Waals surface area contributed by atoms with E-state index in [1.807, 2.05) is 11.3 Å². The molecule has 1 heteroatoms. The van der Waals surface area contributed by atoms with Crippen LogP contribution in [-0.4, -0.2) is 0 Å². The van der Waals surface area contributed by atoms with Crippen LogP contribution < -0.4 is 0 Å². The van der Waals surface area contributed by atoms with E-state index in [2.05, 4.69) is 48.6 Å². The molecule has 0 fully saturated rings. The number of hydrogen-bond acceptors (Lipinski definition) is 1. The molecule has 0 saturated heterocycles. The van der Waals surface area contributed by atoms with Crippen LogP contribution in [0.25, 0.3) is 18.2 Å². The van der Waals surface area contributed by atoms with Crippen LogP contribution in [0, 0.1) is 0 Å². The van der Waals surface area contributed by atoms with E-state index >= 15 is 0 Å². The lowest BCUT2D eigenvalue weighted by molar-refractivity contribution is 1.28. The molecule has 0 spiro atoms. The van der Waals surface area contributed by atoms with Crippen molar-refractivity contribution in [2.75, 3.05) is 0 Å². The van der Waals surface area contributed by atoms with Gasteiger partial charge in [-0.1, -0.05) is 36.5 Å². The smallest absolute Gasteiger partial charge is 0.0348 e. The van der Waals surface area contributed by atoms with Gasteiger partial charge in [0.15, 0.2) is 0 Å². The van der Waals surface area contributed by atoms with Gasteiger partial charge in [-0.05, 0) is 36.1 Å². The molecular weight excluding hydrogens is 200 g/mol. The summed E-state index contributed by atoms with van der Waals surface area (Å²) in [6, 6.07) is 0. The minimum absolute atomic E-state index is 1.06. The first kappa shape index (κ1) is 8.93. The fraction of sp³-hybridized carbons (Fsp3) is 0.143. The molecule has 0 N–H and O–H groups in total. The topological polar surface area (TPSA) is 0 Å². The van der Waals surface area contributed by atoms with Gasteiger partial charge in [0.25, 0.3) is 0 Å². The van der Waals surface area contributed by atoms with E-state index in [0.717, 1.165) is 12.8 Å². The van der Waals surface area contributed by atoms with Crippen LogP contribution in [-0.2, 0) is 6.42 Å². The Kier molecular flexibility index (Phi) is 2.18. The quantitative estimate of drug-likeness (QED) is 0.601. The Morgan fingerprint density at radius 2 is 1.80 bits per heavy atom. The van der Waals surface area contributed by atoms with E-state index in [-0.39, 0.29) is 0 Å². The van der Waals surface area contributed by atoms with Crippen molar-refractivity contribution in [3.63, 3.8) is 0 Å². The van der Waals surface area contributed by atoms with Gasteiger partial charge in [-0.25, -0.2) is 0 Å². The van der Waals surface area contributed by atoms with Crippen LogP contribution >= 0.6 is 11.3 Å². The van der Waals surface area contributed by atoms with Gasteiger partial charge in [0.05, 0.1) is 0 Å². The van der Waals surface area contributed by atoms with Crippen molar-refractivity contribution in [2.45, 2.75) is 12.8 Å². The molecule has 1 heterocycles. The van der Waals surface area contributed by atoms with Crippen LogP contribution in [0.15, 0.2) is 30.4 Å². The van der Waals surface area contributed by atoms with E-state index in [1.54, 1.807) is 0 Å². The van der Waals surface area contributed by atoms with Gasteiger partial charge in [0, 0.05) is 9.75 Å². The molecule has 1 aromatic heterocycles. The lowest BCUT2D eigenvalue weighted by atomic mass is 10.1. The highest BCUT2D eigenvalue weighted by Gasteiger charge is 2.13. The second kappa shape index (κ2) is 3.67. The van der Waals surface area contributed by atoms with Crippen LogP contribution in [0.5, 0.6) is 0 Å². The summed E-state index contributed by atoms with van der Waals surface area (Å²) in [6.45, 7) is 0. The standard InChI is InChI=1S/C14H12S/c1-3-7-11-12-8-4-2-6-10-14(12)15-13(11)9-5-1/h1,3-6,8-10H,2,7H2. The second-order valence-corrected chi connectivity index (χ2v) is 4.84. The van der Waals surface area contributed by atoms with Crippen LogP contribution in [0.4, 0.5) is 0 Å². The fourth-order valence-electron chi connectivity index (χ4n) is 2.02. The summed E-state index contributed by atoms with van der Waals surface area (Å²) < 4.78 is 0. The third kappa shape index (κ3) is 1.53. The fourth-order valence-corrected chi connectivity index (χ4v) is 3.18. The Bertz CT molecular complexity index is 496. The van der Waals surface area contributed by atoms with Crippen molar-refractivity contribution in [3.8, 4) is 0 Å². The van der Waals surface area contributed by atoms with E-state index < -0.39 is 0 Å². The first-order chi connectivity index (χ1) is 7.45. The van der Waals surface area contributed by atoms with Crippen molar-refractivity contribution < 1.29 is 0 Å². The summed E-state index contributed by atoms with van der Waals surface area (Å²) in [7, 11) is 0. The molecule has 15 heavy (non-hydrogen) atoms. The van der Waals surface area contributed by atoms with E-state index in [0.29, 0.717) is 0 Å². The van der Waals surface area contributed by atoms with Crippen LogP contribution in [0.3, 0.4) is 0 Å². The Morgan fingerprint density at radius 1 is 0.867 bits per heavy atom. The molecule has 2 aliphatic rings. The molecule has 0 saturated carbocycles. The lowest BCUT2D eigenvalue weighted by Gasteiger charge is -1.97. The van der Waals surface area contributed by atoms with Gasteiger partial charge in [0.1, 0.15) is 0 Å². The number of fused-ring (bicyclic) bond motifs is 3. The summed E-state index contributed by atoms with van der Waals surface area (Å²) in [4.78, 5) is 2.83. The Morgan fingerprint density at radius 3 is 2.80 bits per heavy atom. The molecule has 0 aromatic carbocycles. The molecule has 0 bridgehead atoms. The SMILES string of the molecule is C1=CCc2c(sc3c2C=CCC=C3)C=C1. The molecule has 74 valence electrons. The highest BCUT2D eigenvalue weighted by atomic mass is 32.1. The summed E-state index contributed by atoms with van der Waals surface area (Å²) >= 11 is 1.90. The molecule has 0 atom stereocenters. The summed E-state index contributed by atoms with van der Waals surface area (Å²) in [5, 5.41) is 0. The maximum absolute atomic E-state index is 2.28. The monoisotopic (exact) mass is 212 g/mol. The maximum atomic E-state index is 2.28. The summed E-state index contributed by atoms with van der Waals surface area (Å²) in [5.41, 5.74) is 2.92. The van der Waals surface area contributed by atoms with E-state index in [9.17, 15) is 0 Å². The molecule has 0 nitrogen and oxygen atoms in total. The molecule has 3 rings (SSSR count). The van der Waals surface area contributed by atoms with Crippen LogP contribution in [0.2, 0.25) is 0 Å². The highest BCUT2D eigenvalue weighted by molar-refractivity contribution is 7.14. The van der Waals surface area contributed by atoms with Gasteiger partial charge >= 0.3 is 0 Å². The molecule has 0 amide bonds. The van der Waals surface area contributed by atoms with Crippen molar-refractivity contribution in [1.82, 2.24) is 0 Å². The van der Waals surface area contributed by atoms with E-state index in [4.69, 9.17) is 0 Å². The predicted octanol–water partition coefficient (Wildman–Crippen LogP) is 4.30. The lowest BCUT2D eigenvalue weighted by Crippen LogP contribution is -1.83. The van der Waals surface area contributed by atoms with Gasteiger partial charge in [0.2, 0.25) is 0 Å².